The van der Waals surface area contributed by atoms with Crippen molar-refractivity contribution in [2.45, 2.75) is 45.2 Å². The first-order valence-corrected chi connectivity index (χ1v) is 4.93. The molecular weight excluding hydrogens is 180 g/mol. The molecule has 14 heavy (non-hydrogen) atoms. The molecule has 1 aliphatic heterocycles. The SMILES string of the molecule is C[C@@H]1CC(C)(C)O[C@@H](c2ccco2)O1. The third kappa shape index (κ3) is 1.99. The van der Waals surface area contributed by atoms with Crippen LogP contribution in [0.3, 0.4) is 0 Å². The highest BCUT2D eigenvalue weighted by atomic mass is 16.7. The Bertz CT molecular complexity index is 289. The van der Waals surface area contributed by atoms with Crippen LogP contribution in [0.1, 0.15) is 39.2 Å². The molecule has 78 valence electrons. The molecule has 0 unspecified atom stereocenters. The molecule has 0 aliphatic carbocycles. The van der Waals surface area contributed by atoms with E-state index < -0.39 is 0 Å². The van der Waals surface area contributed by atoms with Crippen LogP contribution in [0, 0.1) is 0 Å². The Labute approximate surface area is 84.0 Å². The summed E-state index contributed by atoms with van der Waals surface area (Å²) in [5.41, 5.74) is -0.144. The fourth-order valence-electron chi connectivity index (χ4n) is 1.87. The highest BCUT2D eigenvalue weighted by molar-refractivity contribution is 5.01. The van der Waals surface area contributed by atoms with Gasteiger partial charge in [0.1, 0.15) is 0 Å². The number of furan rings is 1. The summed E-state index contributed by atoms with van der Waals surface area (Å²) in [7, 11) is 0. The van der Waals surface area contributed by atoms with E-state index in [2.05, 4.69) is 20.8 Å². The smallest absolute Gasteiger partial charge is 0.217 e. The minimum atomic E-state index is -0.358. The van der Waals surface area contributed by atoms with Gasteiger partial charge < -0.3 is 13.9 Å². The average Bonchev–Trinajstić information content (AvgIpc) is 2.51. The summed E-state index contributed by atoms with van der Waals surface area (Å²) in [5, 5.41) is 0. The molecule has 1 fully saturated rings. The lowest BCUT2D eigenvalue weighted by Gasteiger charge is -2.38. The topological polar surface area (TPSA) is 31.6 Å². The molecule has 0 N–H and O–H groups in total. The largest absolute Gasteiger partial charge is 0.464 e. The number of hydrogen-bond donors (Lipinski definition) is 0. The predicted octanol–water partition coefficient (Wildman–Crippen LogP) is 2.88. The first-order valence-electron chi connectivity index (χ1n) is 4.93. The Morgan fingerprint density at radius 3 is 2.79 bits per heavy atom. The lowest BCUT2D eigenvalue weighted by atomic mass is 10.00. The molecule has 3 heteroatoms. The van der Waals surface area contributed by atoms with E-state index in [1.807, 2.05) is 12.1 Å². The molecule has 2 heterocycles. The van der Waals surface area contributed by atoms with Gasteiger partial charge >= 0.3 is 0 Å². The zero-order valence-electron chi connectivity index (χ0n) is 8.82. The van der Waals surface area contributed by atoms with Crippen molar-refractivity contribution in [3.05, 3.63) is 24.2 Å². The summed E-state index contributed by atoms with van der Waals surface area (Å²) in [4.78, 5) is 0. The van der Waals surface area contributed by atoms with Gasteiger partial charge in [-0.3, -0.25) is 0 Å². The second-order valence-corrected chi connectivity index (χ2v) is 4.38. The van der Waals surface area contributed by atoms with Gasteiger partial charge in [-0.1, -0.05) is 0 Å². The first kappa shape index (κ1) is 9.74. The van der Waals surface area contributed by atoms with Crippen LogP contribution in [0.25, 0.3) is 0 Å². The van der Waals surface area contributed by atoms with Crippen molar-refractivity contribution < 1.29 is 13.9 Å². The van der Waals surface area contributed by atoms with Crippen molar-refractivity contribution in [3.63, 3.8) is 0 Å². The molecule has 1 aromatic heterocycles. The summed E-state index contributed by atoms with van der Waals surface area (Å²) in [5.74, 6) is 0.740. The predicted molar refractivity (Wildman–Crippen MR) is 51.8 cm³/mol. The van der Waals surface area contributed by atoms with Crippen molar-refractivity contribution in [2.24, 2.45) is 0 Å². The van der Waals surface area contributed by atoms with Crippen LogP contribution in [0.4, 0.5) is 0 Å². The number of hydrogen-bond acceptors (Lipinski definition) is 3. The molecule has 1 aliphatic rings. The molecule has 3 nitrogen and oxygen atoms in total. The van der Waals surface area contributed by atoms with E-state index in [4.69, 9.17) is 13.9 Å². The molecule has 1 saturated heterocycles. The minimum absolute atomic E-state index is 0.144. The van der Waals surface area contributed by atoms with Gasteiger partial charge in [0.15, 0.2) is 5.76 Å². The van der Waals surface area contributed by atoms with Crippen molar-refractivity contribution in [2.75, 3.05) is 0 Å². The molecular formula is C11H16O3. The normalized spacial score (nSPS) is 31.6. The maximum absolute atomic E-state index is 5.77. The molecule has 0 radical (unpaired) electrons. The standard InChI is InChI=1S/C11H16O3/c1-8-7-11(2,3)14-10(13-8)9-5-4-6-12-9/h4-6,8,10H,7H2,1-3H3/t8-,10+/m1/s1. The van der Waals surface area contributed by atoms with Crippen molar-refractivity contribution in [3.8, 4) is 0 Å². The monoisotopic (exact) mass is 196 g/mol. The maximum atomic E-state index is 5.77. The highest BCUT2D eigenvalue weighted by Gasteiger charge is 2.35. The molecule has 2 atom stereocenters. The van der Waals surface area contributed by atoms with Gasteiger partial charge in [0, 0.05) is 6.42 Å². The van der Waals surface area contributed by atoms with E-state index in [0.717, 1.165) is 12.2 Å². The van der Waals surface area contributed by atoms with E-state index in [0.29, 0.717) is 0 Å². The van der Waals surface area contributed by atoms with Gasteiger partial charge in [-0.25, -0.2) is 0 Å². The minimum Gasteiger partial charge on any atom is -0.464 e. The Balaban J connectivity index is 2.14. The lowest BCUT2D eigenvalue weighted by Crippen LogP contribution is -2.38. The molecule has 0 saturated carbocycles. The Hall–Kier alpha value is -0.800. The first-order chi connectivity index (χ1) is 6.57. The van der Waals surface area contributed by atoms with Crippen LogP contribution < -0.4 is 0 Å². The zero-order chi connectivity index (χ0) is 10.2. The Kier molecular flexibility index (Phi) is 2.37. The van der Waals surface area contributed by atoms with Gasteiger partial charge in [-0.05, 0) is 32.9 Å². The molecule has 0 aromatic carbocycles. The van der Waals surface area contributed by atoms with Crippen molar-refractivity contribution in [1.82, 2.24) is 0 Å². The van der Waals surface area contributed by atoms with E-state index in [-0.39, 0.29) is 18.0 Å². The molecule has 1 aromatic rings. The fourth-order valence-corrected chi connectivity index (χ4v) is 1.87. The maximum Gasteiger partial charge on any atom is 0.217 e. The molecule has 0 amide bonds. The van der Waals surface area contributed by atoms with Gasteiger partial charge in [0.05, 0.1) is 18.0 Å². The van der Waals surface area contributed by atoms with Crippen molar-refractivity contribution >= 4 is 0 Å². The van der Waals surface area contributed by atoms with E-state index in [9.17, 15) is 0 Å². The van der Waals surface area contributed by atoms with Crippen molar-refractivity contribution in [1.29, 1.82) is 0 Å². The molecule has 0 spiro atoms. The van der Waals surface area contributed by atoms with Gasteiger partial charge in [-0.15, -0.1) is 0 Å². The quantitative estimate of drug-likeness (QED) is 0.692. The summed E-state index contributed by atoms with van der Waals surface area (Å²) in [6, 6.07) is 3.72. The summed E-state index contributed by atoms with van der Waals surface area (Å²) < 4.78 is 16.7. The van der Waals surface area contributed by atoms with Crippen LogP contribution in [0.2, 0.25) is 0 Å². The third-order valence-corrected chi connectivity index (χ3v) is 2.34. The van der Waals surface area contributed by atoms with E-state index in [1.165, 1.54) is 0 Å². The number of rotatable bonds is 1. The lowest BCUT2D eigenvalue weighted by molar-refractivity contribution is -0.279. The second-order valence-electron chi connectivity index (χ2n) is 4.38. The van der Waals surface area contributed by atoms with Crippen LogP contribution in [-0.2, 0) is 9.47 Å². The van der Waals surface area contributed by atoms with Gasteiger partial charge in [-0.2, -0.15) is 0 Å². The van der Waals surface area contributed by atoms with Crippen LogP contribution in [0.5, 0.6) is 0 Å². The fraction of sp³-hybridized carbons (Fsp3) is 0.636. The number of ether oxygens (including phenoxy) is 2. The van der Waals surface area contributed by atoms with Gasteiger partial charge in [0.25, 0.3) is 0 Å². The summed E-state index contributed by atoms with van der Waals surface area (Å²) in [6.45, 7) is 6.20. The Morgan fingerprint density at radius 2 is 2.21 bits per heavy atom. The van der Waals surface area contributed by atoms with Crippen LogP contribution in [-0.4, -0.2) is 11.7 Å². The average molecular weight is 196 g/mol. The van der Waals surface area contributed by atoms with E-state index in [1.54, 1.807) is 6.26 Å². The summed E-state index contributed by atoms with van der Waals surface area (Å²) in [6.07, 6.45) is 2.39. The van der Waals surface area contributed by atoms with E-state index >= 15 is 0 Å². The Morgan fingerprint density at radius 1 is 1.43 bits per heavy atom. The molecule has 2 rings (SSSR count). The summed E-state index contributed by atoms with van der Waals surface area (Å²) >= 11 is 0. The molecule has 0 bridgehead atoms. The second kappa shape index (κ2) is 3.41. The van der Waals surface area contributed by atoms with Crippen LogP contribution in [0.15, 0.2) is 22.8 Å². The van der Waals surface area contributed by atoms with Gasteiger partial charge in [0.2, 0.25) is 6.29 Å². The highest BCUT2D eigenvalue weighted by Crippen LogP contribution is 2.35. The zero-order valence-corrected chi connectivity index (χ0v) is 8.82. The third-order valence-electron chi connectivity index (χ3n) is 2.34. The van der Waals surface area contributed by atoms with Crippen LogP contribution >= 0.6 is 0 Å².